The maximum atomic E-state index is 11.5. The van der Waals surface area contributed by atoms with Crippen LogP contribution in [0.25, 0.3) is 6.08 Å². The van der Waals surface area contributed by atoms with Crippen LogP contribution in [0.5, 0.6) is 0 Å². The van der Waals surface area contributed by atoms with Gasteiger partial charge in [-0.25, -0.2) is 0 Å². The highest BCUT2D eigenvalue weighted by atomic mass is 35.5. The van der Waals surface area contributed by atoms with E-state index in [9.17, 15) is 4.79 Å². The molecule has 0 fully saturated rings. The first-order chi connectivity index (χ1) is 9.72. The van der Waals surface area contributed by atoms with Gasteiger partial charge in [0.25, 0.3) is 0 Å². The number of hydrogen-bond acceptors (Lipinski definition) is 3. The smallest absolute Gasteiger partial charge is 0.244 e. The third kappa shape index (κ3) is 7.94. The maximum Gasteiger partial charge on any atom is 0.244 e. The Morgan fingerprint density at radius 3 is 2.95 bits per heavy atom. The Kier molecular flexibility index (Phi) is 8.71. The summed E-state index contributed by atoms with van der Waals surface area (Å²) in [5.41, 5.74) is 0.899. The molecule has 0 saturated heterocycles. The molecule has 0 bridgehead atoms. The van der Waals surface area contributed by atoms with E-state index in [4.69, 9.17) is 21.1 Å². The number of carbonyl (C=O) groups is 1. The molecule has 4 nitrogen and oxygen atoms in total. The largest absolute Gasteiger partial charge is 0.382 e. The Labute approximate surface area is 124 Å². The van der Waals surface area contributed by atoms with E-state index in [1.54, 1.807) is 25.3 Å². The molecule has 0 aliphatic heterocycles. The molecule has 0 aliphatic carbocycles. The highest BCUT2D eigenvalue weighted by Gasteiger charge is 1.95. The fourth-order valence-electron chi connectivity index (χ4n) is 1.47. The Morgan fingerprint density at radius 2 is 2.20 bits per heavy atom. The normalized spacial score (nSPS) is 10.9. The summed E-state index contributed by atoms with van der Waals surface area (Å²) in [5, 5.41) is 3.44. The van der Waals surface area contributed by atoms with Crippen LogP contribution in [0, 0.1) is 0 Å². The fraction of sp³-hybridized carbons (Fsp3) is 0.400. The summed E-state index contributed by atoms with van der Waals surface area (Å²) >= 11 is 5.86. The number of nitrogens with one attached hydrogen (secondary N) is 1. The number of halogens is 1. The molecule has 110 valence electrons. The Balaban J connectivity index is 2.14. The Bertz CT molecular complexity index is 435. The van der Waals surface area contributed by atoms with Gasteiger partial charge in [-0.05, 0) is 30.2 Å². The highest BCUT2D eigenvalue weighted by Crippen LogP contribution is 2.11. The average molecular weight is 298 g/mol. The molecule has 0 radical (unpaired) electrons. The van der Waals surface area contributed by atoms with E-state index in [0.717, 1.165) is 12.0 Å². The molecule has 1 aromatic carbocycles. The number of carbonyl (C=O) groups excluding carboxylic acids is 1. The predicted octanol–water partition coefficient (Wildman–Crippen LogP) is 2.52. The predicted molar refractivity (Wildman–Crippen MR) is 80.8 cm³/mol. The van der Waals surface area contributed by atoms with Gasteiger partial charge in [0.1, 0.15) is 0 Å². The van der Waals surface area contributed by atoms with Crippen LogP contribution in [0.2, 0.25) is 5.02 Å². The molecule has 0 saturated carbocycles. The lowest BCUT2D eigenvalue weighted by Crippen LogP contribution is -2.23. The quantitative estimate of drug-likeness (QED) is 0.563. The molecule has 0 heterocycles. The number of benzene rings is 1. The lowest BCUT2D eigenvalue weighted by atomic mass is 10.2. The molecule has 5 heteroatoms. The van der Waals surface area contributed by atoms with Gasteiger partial charge >= 0.3 is 0 Å². The van der Waals surface area contributed by atoms with Crippen molar-refractivity contribution >= 4 is 23.6 Å². The van der Waals surface area contributed by atoms with Gasteiger partial charge in [0, 0.05) is 31.4 Å². The van der Waals surface area contributed by atoms with Gasteiger partial charge in [-0.3, -0.25) is 4.79 Å². The van der Waals surface area contributed by atoms with Gasteiger partial charge in [0.2, 0.25) is 5.91 Å². The second-order valence-corrected chi connectivity index (χ2v) is 4.57. The molecule has 1 rings (SSSR count). The van der Waals surface area contributed by atoms with Gasteiger partial charge in [-0.15, -0.1) is 0 Å². The van der Waals surface area contributed by atoms with Crippen molar-refractivity contribution < 1.29 is 14.3 Å². The molecule has 1 amide bonds. The van der Waals surface area contributed by atoms with E-state index >= 15 is 0 Å². The molecule has 0 unspecified atom stereocenters. The lowest BCUT2D eigenvalue weighted by Gasteiger charge is -2.04. The molecule has 1 aromatic rings. The Hall–Kier alpha value is -1.36. The average Bonchev–Trinajstić information content (AvgIpc) is 2.44. The van der Waals surface area contributed by atoms with E-state index < -0.39 is 0 Å². The minimum absolute atomic E-state index is 0.123. The zero-order chi connectivity index (χ0) is 14.6. The highest BCUT2D eigenvalue weighted by molar-refractivity contribution is 6.30. The second-order valence-electron chi connectivity index (χ2n) is 4.14. The molecule has 1 N–H and O–H groups in total. The number of rotatable bonds is 9. The first-order valence-corrected chi connectivity index (χ1v) is 6.88. The van der Waals surface area contributed by atoms with Crippen molar-refractivity contribution in [2.24, 2.45) is 0 Å². The minimum atomic E-state index is -0.123. The Morgan fingerprint density at radius 1 is 1.35 bits per heavy atom. The minimum Gasteiger partial charge on any atom is -0.382 e. The van der Waals surface area contributed by atoms with Crippen LogP contribution < -0.4 is 5.32 Å². The van der Waals surface area contributed by atoms with Crippen molar-refractivity contribution in [3.05, 3.63) is 40.9 Å². The van der Waals surface area contributed by atoms with E-state index in [2.05, 4.69) is 5.32 Å². The summed E-state index contributed by atoms with van der Waals surface area (Å²) < 4.78 is 10.1. The SMILES string of the molecule is COCCOCCCNC(=O)/C=C/c1cccc(Cl)c1. The third-order valence-corrected chi connectivity index (χ3v) is 2.71. The zero-order valence-electron chi connectivity index (χ0n) is 11.6. The van der Waals surface area contributed by atoms with Crippen LogP contribution in [0.3, 0.4) is 0 Å². The summed E-state index contributed by atoms with van der Waals surface area (Å²) in [4.78, 5) is 11.5. The van der Waals surface area contributed by atoms with Gasteiger partial charge < -0.3 is 14.8 Å². The molecule has 0 atom stereocenters. The van der Waals surface area contributed by atoms with E-state index in [-0.39, 0.29) is 5.91 Å². The number of methoxy groups -OCH3 is 1. The van der Waals surface area contributed by atoms with Gasteiger partial charge in [-0.2, -0.15) is 0 Å². The molecule has 20 heavy (non-hydrogen) atoms. The van der Waals surface area contributed by atoms with E-state index in [1.807, 2.05) is 12.1 Å². The van der Waals surface area contributed by atoms with Gasteiger partial charge in [0.05, 0.1) is 13.2 Å². The third-order valence-electron chi connectivity index (χ3n) is 2.47. The molecular formula is C15H20ClNO3. The first kappa shape index (κ1) is 16.7. The maximum absolute atomic E-state index is 11.5. The van der Waals surface area contributed by atoms with Crippen molar-refractivity contribution in [2.45, 2.75) is 6.42 Å². The monoisotopic (exact) mass is 297 g/mol. The van der Waals surface area contributed by atoms with Gasteiger partial charge in [-0.1, -0.05) is 23.7 Å². The first-order valence-electron chi connectivity index (χ1n) is 6.50. The van der Waals surface area contributed by atoms with Crippen LogP contribution >= 0.6 is 11.6 Å². The van der Waals surface area contributed by atoms with Crippen LogP contribution in [-0.4, -0.2) is 39.4 Å². The molecule has 0 aromatic heterocycles. The summed E-state index contributed by atoms with van der Waals surface area (Å²) in [6.07, 6.45) is 4.01. The summed E-state index contributed by atoms with van der Waals surface area (Å²) in [7, 11) is 1.63. The number of amides is 1. The second kappa shape index (κ2) is 10.4. The standard InChI is InChI=1S/C15H20ClNO3/c1-19-10-11-20-9-3-8-17-15(18)7-6-13-4-2-5-14(16)12-13/h2,4-7,12H,3,8-11H2,1H3,(H,17,18)/b7-6+. The summed E-state index contributed by atoms with van der Waals surface area (Å²) in [6, 6.07) is 7.33. The van der Waals surface area contributed by atoms with Gasteiger partial charge in [0.15, 0.2) is 0 Å². The van der Waals surface area contributed by atoms with Crippen molar-refractivity contribution in [3.63, 3.8) is 0 Å². The van der Waals surface area contributed by atoms with Crippen LogP contribution in [0.15, 0.2) is 30.3 Å². The van der Waals surface area contributed by atoms with Crippen molar-refractivity contribution in [1.29, 1.82) is 0 Å². The molecule has 0 spiro atoms. The number of hydrogen-bond donors (Lipinski definition) is 1. The van der Waals surface area contributed by atoms with Crippen molar-refractivity contribution in [2.75, 3.05) is 33.5 Å². The van der Waals surface area contributed by atoms with E-state index in [1.165, 1.54) is 6.08 Å². The topological polar surface area (TPSA) is 47.6 Å². The zero-order valence-corrected chi connectivity index (χ0v) is 12.4. The fourth-order valence-corrected chi connectivity index (χ4v) is 1.67. The lowest BCUT2D eigenvalue weighted by molar-refractivity contribution is -0.116. The number of ether oxygens (including phenoxy) is 2. The van der Waals surface area contributed by atoms with Crippen molar-refractivity contribution in [1.82, 2.24) is 5.32 Å². The van der Waals surface area contributed by atoms with Crippen LogP contribution in [0.4, 0.5) is 0 Å². The summed E-state index contributed by atoms with van der Waals surface area (Å²) in [5.74, 6) is -0.123. The summed E-state index contributed by atoms with van der Waals surface area (Å²) in [6.45, 7) is 2.38. The van der Waals surface area contributed by atoms with Crippen LogP contribution in [0.1, 0.15) is 12.0 Å². The molecule has 0 aliphatic rings. The van der Waals surface area contributed by atoms with Crippen molar-refractivity contribution in [3.8, 4) is 0 Å². The van der Waals surface area contributed by atoms with Crippen LogP contribution in [-0.2, 0) is 14.3 Å². The molecular weight excluding hydrogens is 278 g/mol. The van der Waals surface area contributed by atoms with E-state index in [0.29, 0.717) is 31.4 Å².